The zero-order valence-corrected chi connectivity index (χ0v) is 12.7. The number of hydrogen-bond acceptors (Lipinski definition) is 3. The van der Waals surface area contributed by atoms with Crippen molar-refractivity contribution in [2.24, 2.45) is 0 Å². The van der Waals surface area contributed by atoms with Crippen molar-refractivity contribution in [3.8, 4) is 22.3 Å². The van der Waals surface area contributed by atoms with Gasteiger partial charge in [0.1, 0.15) is 0 Å². The molecule has 5 heteroatoms. The van der Waals surface area contributed by atoms with Gasteiger partial charge in [-0.1, -0.05) is 18.2 Å². The summed E-state index contributed by atoms with van der Waals surface area (Å²) in [6.07, 6.45) is 11.3. The Morgan fingerprint density at radius 3 is 2.79 bits per heavy atom. The summed E-state index contributed by atoms with van der Waals surface area (Å²) in [5.41, 5.74) is 6.54. The van der Waals surface area contributed by atoms with E-state index in [4.69, 9.17) is 0 Å². The van der Waals surface area contributed by atoms with Crippen molar-refractivity contribution < 1.29 is 0 Å². The Labute approximate surface area is 137 Å². The third-order valence-electron chi connectivity index (χ3n) is 4.27. The van der Waals surface area contributed by atoms with Crippen LogP contribution in [0.4, 0.5) is 0 Å². The lowest BCUT2D eigenvalue weighted by Crippen LogP contribution is -1.90. The lowest BCUT2D eigenvalue weighted by atomic mass is 10.0. The predicted octanol–water partition coefficient (Wildman–Crippen LogP) is 3.94. The monoisotopic (exact) mass is 311 g/mol. The summed E-state index contributed by atoms with van der Waals surface area (Å²) in [7, 11) is 0. The summed E-state index contributed by atoms with van der Waals surface area (Å²) in [5, 5.41) is 8.23. The lowest BCUT2D eigenvalue weighted by Gasteiger charge is -2.09. The SMILES string of the molecule is c1cncc(-c2cc(-c3ccc4cn[nH]c4c3)cn3cncc23)c1. The Morgan fingerprint density at radius 1 is 0.875 bits per heavy atom. The zero-order valence-electron chi connectivity index (χ0n) is 12.7. The minimum atomic E-state index is 1.03. The van der Waals surface area contributed by atoms with Crippen LogP contribution in [-0.4, -0.2) is 24.6 Å². The van der Waals surface area contributed by atoms with Crippen LogP contribution in [0.1, 0.15) is 0 Å². The van der Waals surface area contributed by atoms with Gasteiger partial charge in [-0.15, -0.1) is 0 Å². The number of aromatic amines is 1. The van der Waals surface area contributed by atoms with Crippen LogP contribution in [0.25, 0.3) is 38.7 Å². The smallest absolute Gasteiger partial charge is 0.0992 e. The Balaban J connectivity index is 1.77. The molecule has 114 valence electrons. The molecule has 0 saturated heterocycles. The summed E-state index contributed by atoms with van der Waals surface area (Å²) in [6, 6.07) is 12.5. The highest BCUT2D eigenvalue weighted by Gasteiger charge is 2.09. The summed E-state index contributed by atoms with van der Waals surface area (Å²) < 4.78 is 2.05. The molecule has 5 aromatic rings. The van der Waals surface area contributed by atoms with Crippen LogP contribution in [0.15, 0.2) is 73.7 Å². The zero-order chi connectivity index (χ0) is 15.9. The van der Waals surface area contributed by atoms with Gasteiger partial charge in [-0.3, -0.25) is 10.1 Å². The fraction of sp³-hybridized carbons (Fsp3) is 0. The first-order chi connectivity index (χ1) is 11.9. The number of aromatic nitrogens is 5. The van der Waals surface area contributed by atoms with E-state index in [1.54, 1.807) is 6.20 Å². The lowest BCUT2D eigenvalue weighted by molar-refractivity contribution is 1.12. The van der Waals surface area contributed by atoms with Crippen LogP contribution in [0, 0.1) is 0 Å². The molecule has 0 atom stereocenters. The van der Waals surface area contributed by atoms with Crippen molar-refractivity contribution in [3.05, 3.63) is 73.7 Å². The minimum Gasteiger partial charge on any atom is -0.305 e. The van der Waals surface area contributed by atoms with Gasteiger partial charge in [0.05, 0.1) is 29.8 Å². The first-order valence-electron chi connectivity index (χ1n) is 7.68. The first kappa shape index (κ1) is 13.0. The van der Waals surface area contributed by atoms with Gasteiger partial charge in [-0.2, -0.15) is 5.10 Å². The summed E-state index contributed by atoms with van der Waals surface area (Å²) >= 11 is 0. The van der Waals surface area contributed by atoms with Gasteiger partial charge in [-0.05, 0) is 29.3 Å². The van der Waals surface area contributed by atoms with E-state index in [9.17, 15) is 0 Å². The van der Waals surface area contributed by atoms with Crippen molar-refractivity contribution in [2.45, 2.75) is 0 Å². The van der Waals surface area contributed by atoms with Gasteiger partial charge in [0.2, 0.25) is 0 Å². The number of nitrogens with one attached hydrogen (secondary N) is 1. The Bertz CT molecular complexity index is 1150. The van der Waals surface area contributed by atoms with Gasteiger partial charge in [0.25, 0.3) is 0 Å². The van der Waals surface area contributed by atoms with E-state index in [1.165, 1.54) is 0 Å². The Kier molecular flexibility index (Phi) is 2.72. The topological polar surface area (TPSA) is 58.9 Å². The molecular weight excluding hydrogens is 298 g/mol. The normalized spacial score (nSPS) is 11.3. The second-order valence-corrected chi connectivity index (χ2v) is 5.74. The molecule has 0 aliphatic carbocycles. The van der Waals surface area contributed by atoms with E-state index < -0.39 is 0 Å². The number of benzene rings is 1. The quantitative estimate of drug-likeness (QED) is 0.537. The maximum atomic E-state index is 4.29. The fourth-order valence-corrected chi connectivity index (χ4v) is 3.06. The molecule has 5 nitrogen and oxygen atoms in total. The maximum absolute atomic E-state index is 4.29. The summed E-state index contributed by atoms with van der Waals surface area (Å²) in [6.45, 7) is 0. The molecule has 0 spiro atoms. The molecule has 0 fully saturated rings. The molecule has 4 aromatic heterocycles. The molecule has 5 rings (SSSR count). The van der Waals surface area contributed by atoms with Crippen LogP contribution in [0.5, 0.6) is 0 Å². The molecular formula is C19H13N5. The molecule has 1 N–H and O–H groups in total. The molecule has 0 aliphatic heterocycles. The number of pyridine rings is 2. The number of nitrogens with zero attached hydrogens (tertiary/aromatic N) is 4. The van der Waals surface area contributed by atoms with Gasteiger partial charge in [0.15, 0.2) is 0 Å². The number of H-pyrrole nitrogens is 1. The summed E-state index contributed by atoms with van der Waals surface area (Å²) in [4.78, 5) is 8.54. The van der Waals surface area contributed by atoms with Crippen LogP contribution < -0.4 is 0 Å². The van der Waals surface area contributed by atoms with E-state index in [1.807, 2.05) is 31.0 Å². The van der Waals surface area contributed by atoms with Crippen LogP contribution in [0.2, 0.25) is 0 Å². The number of hydrogen-bond donors (Lipinski definition) is 1. The van der Waals surface area contributed by atoms with Crippen molar-refractivity contribution in [1.29, 1.82) is 0 Å². The van der Waals surface area contributed by atoms with Crippen LogP contribution >= 0.6 is 0 Å². The molecule has 0 amide bonds. The van der Waals surface area contributed by atoms with Crippen molar-refractivity contribution >= 4 is 16.4 Å². The Hall–Kier alpha value is -3.47. The average Bonchev–Trinajstić information content (AvgIpc) is 3.29. The average molecular weight is 311 g/mol. The maximum Gasteiger partial charge on any atom is 0.0992 e. The van der Waals surface area contributed by atoms with E-state index in [0.29, 0.717) is 0 Å². The molecule has 0 aliphatic rings. The van der Waals surface area contributed by atoms with Crippen molar-refractivity contribution in [3.63, 3.8) is 0 Å². The third kappa shape index (κ3) is 1.99. The molecule has 1 aromatic carbocycles. The number of imidazole rings is 1. The Morgan fingerprint density at radius 2 is 1.88 bits per heavy atom. The van der Waals surface area contributed by atoms with Crippen molar-refractivity contribution in [1.82, 2.24) is 24.6 Å². The highest BCUT2D eigenvalue weighted by Crippen LogP contribution is 2.30. The van der Waals surface area contributed by atoms with Crippen LogP contribution in [-0.2, 0) is 0 Å². The molecule has 0 saturated carbocycles. The van der Waals surface area contributed by atoms with Gasteiger partial charge >= 0.3 is 0 Å². The molecule has 24 heavy (non-hydrogen) atoms. The first-order valence-corrected chi connectivity index (χ1v) is 7.68. The largest absolute Gasteiger partial charge is 0.305 e. The van der Waals surface area contributed by atoms with E-state index in [2.05, 4.69) is 61.1 Å². The second kappa shape index (κ2) is 5.03. The minimum absolute atomic E-state index is 1.03. The molecule has 0 bridgehead atoms. The highest BCUT2D eigenvalue weighted by molar-refractivity contribution is 5.87. The predicted molar refractivity (Wildman–Crippen MR) is 93.5 cm³/mol. The highest BCUT2D eigenvalue weighted by atomic mass is 15.1. The third-order valence-corrected chi connectivity index (χ3v) is 4.27. The summed E-state index contributed by atoms with van der Waals surface area (Å²) in [5.74, 6) is 0. The van der Waals surface area contributed by atoms with Crippen LogP contribution in [0.3, 0.4) is 0 Å². The van der Waals surface area contributed by atoms with Gasteiger partial charge in [0, 0.05) is 35.1 Å². The second-order valence-electron chi connectivity index (χ2n) is 5.74. The van der Waals surface area contributed by atoms with E-state index in [-0.39, 0.29) is 0 Å². The van der Waals surface area contributed by atoms with Gasteiger partial charge in [-0.25, -0.2) is 4.98 Å². The van der Waals surface area contributed by atoms with Gasteiger partial charge < -0.3 is 4.40 Å². The van der Waals surface area contributed by atoms with E-state index in [0.717, 1.165) is 38.7 Å². The molecule has 0 radical (unpaired) electrons. The molecule has 0 unspecified atom stereocenters. The van der Waals surface area contributed by atoms with E-state index >= 15 is 0 Å². The van der Waals surface area contributed by atoms with Crippen molar-refractivity contribution in [2.75, 3.05) is 0 Å². The molecule has 4 heterocycles. The number of rotatable bonds is 2. The fourth-order valence-electron chi connectivity index (χ4n) is 3.06. The standard InChI is InChI=1S/C19H13N5/c1-2-14(8-20-5-1)17-6-16(11-24-12-21-10-19(17)24)13-3-4-15-9-22-23-18(15)7-13/h1-12H,(H,22,23). The number of fused-ring (bicyclic) bond motifs is 2.